The first-order valence-corrected chi connectivity index (χ1v) is 7.40. The standard InChI is InChI=1S/C14H26N2O3/c15-11-14(4-8-19-9-5-14)13(18)16-6-1-2-12(10-16)3-7-17/h12,17H,1-11,15H2. The van der Waals surface area contributed by atoms with Crippen molar-refractivity contribution in [3.8, 4) is 0 Å². The van der Waals surface area contributed by atoms with Gasteiger partial charge >= 0.3 is 0 Å². The number of piperidine rings is 1. The van der Waals surface area contributed by atoms with Crippen LogP contribution in [0.4, 0.5) is 0 Å². The number of hydrogen-bond acceptors (Lipinski definition) is 4. The largest absolute Gasteiger partial charge is 0.396 e. The molecule has 1 unspecified atom stereocenters. The van der Waals surface area contributed by atoms with Crippen LogP contribution in [0.5, 0.6) is 0 Å². The molecule has 5 heteroatoms. The van der Waals surface area contributed by atoms with Crippen LogP contribution in [0.3, 0.4) is 0 Å². The number of aliphatic hydroxyl groups is 1. The first-order valence-electron chi connectivity index (χ1n) is 7.40. The van der Waals surface area contributed by atoms with E-state index in [1.165, 1.54) is 0 Å². The molecule has 19 heavy (non-hydrogen) atoms. The predicted molar refractivity (Wildman–Crippen MR) is 72.5 cm³/mol. The van der Waals surface area contributed by atoms with Gasteiger partial charge in [-0.3, -0.25) is 4.79 Å². The molecule has 3 N–H and O–H groups in total. The van der Waals surface area contributed by atoms with Gasteiger partial charge in [0.05, 0.1) is 5.41 Å². The average Bonchev–Trinajstić information content (AvgIpc) is 2.48. The quantitative estimate of drug-likeness (QED) is 0.773. The molecule has 2 saturated heterocycles. The molecule has 0 radical (unpaired) electrons. The molecule has 1 amide bonds. The van der Waals surface area contributed by atoms with Crippen LogP contribution in [0.15, 0.2) is 0 Å². The molecule has 5 nitrogen and oxygen atoms in total. The average molecular weight is 270 g/mol. The van der Waals surface area contributed by atoms with Crippen LogP contribution < -0.4 is 5.73 Å². The van der Waals surface area contributed by atoms with E-state index in [1.807, 2.05) is 4.90 Å². The fourth-order valence-corrected chi connectivity index (χ4v) is 3.27. The molecule has 110 valence electrons. The lowest BCUT2D eigenvalue weighted by Crippen LogP contribution is -2.53. The molecule has 0 saturated carbocycles. The maximum absolute atomic E-state index is 12.8. The number of likely N-dealkylation sites (tertiary alicyclic amines) is 1. The van der Waals surface area contributed by atoms with Gasteiger partial charge in [0.1, 0.15) is 0 Å². The van der Waals surface area contributed by atoms with Gasteiger partial charge in [-0.15, -0.1) is 0 Å². The van der Waals surface area contributed by atoms with Gasteiger partial charge in [-0.2, -0.15) is 0 Å². The van der Waals surface area contributed by atoms with Crippen molar-refractivity contribution in [3.05, 3.63) is 0 Å². The summed E-state index contributed by atoms with van der Waals surface area (Å²) in [5.41, 5.74) is 5.49. The molecular formula is C14H26N2O3. The molecule has 0 spiro atoms. The van der Waals surface area contributed by atoms with Gasteiger partial charge in [0, 0.05) is 39.5 Å². The molecule has 2 aliphatic heterocycles. The van der Waals surface area contributed by atoms with Crippen molar-refractivity contribution in [2.24, 2.45) is 17.1 Å². The van der Waals surface area contributed by atoms with Crippen LogP contribution in [0.2, 0.25) is 0 Å². The number of ether oxygens (including phenoxy) is 1. The number of nitrogens with two attached hydrogens (primary N) is 1. The second kappa shape index (κ2) is 6.68. The molecule has 2 fully saturated rings. The topological polar surface area (TPSA) is 75.8 Å². The molecule has 2 heterocycles. The molecule has 0 aromatic carbocycles. The summed E-state index contributed by atoms with van der Waals surface area (Å²) < 4.78 is 5.36. The zero-order valence-electron chi connectivity index (χ0n) is 11.6. The van der Waals surface area contributed by atoms with Crippen molar-refractivity contribution in [2.75, 3.05) is 39.5 Å². The highest BCUT2D eigenvalue weighted by molar-refractivity contribution is 5.83. The summed E-state index contributed by atoms with van der Waals surface area (Å²) in [6.45, 7) is 3.51. The van der Waals surface area contributed by atoms with Gasteiger partial charge in [0.25, 0.3) is 0 Å². The Morgan fingerprint density at radius 3 is 2.79 bits per heavy atom. The monoisotopic (exact) mass is 270 g/mol. The van der Waals surface area contributed by atoms with Gasteiger partial charge in [-0.25, -0.2) is 0 Å². The van der Waals surface area contributed by atoms with Gasteiger partial charge in [-0.05, 0) is 38.0 Å². The first kappa shape index (κ1) is 14.8. The summed E-state index contributed by atoms with van der Waals surface area (Å²) in [6.07, 6.45) is 4.42. The second-order valence-corrected chi connectivity index (χ2v) is 5.87. The van der Waals surface area contributed by atoms with Crippen molar-refractivity contribution < 1.29 is 14.6 Å². The molecule has 2 aliphatic rings. The maximum atomic E-state index is 12.8. The number of nitrogens with zero attached hydrogens (tertiary/aromatic N) is 1. The zero-order valence-corrected chi connectivity index (χ0v) is 11.6. The van der Waals surface area contributed by atoms with E-state index in [0.29, 0.717) is 25.7 Å². The molecule has 0 aromatic rings. The number of aliphatic hydroxyl groups excluding tert-OH is 1. The van der Waals surface area contributed by atoms with Gasteiger partial charge in [0.15, 0.2) is 0 Å². The van der Waals surface area contributed by atoms with Crippen molar-refractivity contribution in [1.29, 1.82) is 0 Å². The smallest absolute Gasteiger partial charge is 0.230 e. The van der Waals surface area contributed by atoms with Crippen LogP contribution in [-0.4, -0.2) is 55.4 Å². The van der Waals surface area contributed by atoms with Gasteiger partial charge in [-0.1, -0.05) is 0 Å². The van der Waals surface area contributed by atoms with Crippen molar-refractivity contribution in [3.63, 3.8) is 0 Å². The van der Waals surface area contributed by atoms with Gasteiger partial charge < -0.3 is 20.5 Å². The third-order valence-electron chi connectivity index (χ3n) is 4.64. The van der Waals surface area contributed by atoms with E-state index in [9.17, 15) is 4.79 Å². The highest BCUT2D eigenvalue weighted by Crippen LogP contribution is 2.33. The van der Waals surface area contributed by atoms with E-state index < -0.39 is 5.41 Å². The van der Waals surface area contributed by atoms with Gasteiger partial charge in [0.2, 0.25) is 5.91 Å². The Labute approximate surface area is 115 Å². The second-order valence-electron chi connectivity index (χ2n) is 5.87. The number of hydrogen-bond donors (Lipinski definition) is 2. The van der Waals surface area contributed by atoms with E-state index in [0.717, 1.165) is 45.2 Å². The Morgan fingerprint density at radius 1 is 1.42 bits per heavy atom. The van der Waals surface area contributed by atoms with E-state index in [2.05, 4.69) is 0 Å². The summed E-state index contributed by atoms with van der Waals surface area (Å²) >= 11 is 0. The minimum absolute atomic E-state index is 0.209. The number of carbonyl (C=O) groups is 1. The van der Waals surface area contributed by atoms with E-state index >= 15 is 0 Å². The Balaban J connectivity index is 2.00. The molecular weight excluding hydrogens is 244 g/mol. The number of rotatable bonds is 4. The predicted octanol–water partition coefficient (Wildman–Crippen LogP) is 0.363. The molecule has 0 bridgehead atoms. The number of amides is 1. The number of carbonyl (C=O) groups excluding carboxylic acids is 1. The van der Waals surface area contributed by atoms with Crippen molar-refractivity contribution in [1.82, 2.24) is 4.90 Å². The highest BCUT2D eigenvalue weighted by atomic mass is 16.5. The van der Waals surface area contributed by atoms with Crippen LogP contribution in [0.25, 0.3) is 0 Å². The van der Waals surface area contributed by atoms with Crippen molar-refractivity contribution in [2.45, 2.75) is 32.1 Å². The lowest BCUT2D eigenvalue weighted by atomic mass is 9.78. The van der Waals surface area contributed by atoms with Crippen LogP contribution in [-0.2, 0) is 9.53 Å². The lowest BCUT2D eigenvalue weighted by Gasteiger charge is -2.41. The molecule has 0 aromatic heterocycles. The van der Waals surface area contributed by atoms with Crippen LogP contribution in [0, 0.1) is 11.3 Å². The fraction of sp³-hybridized carbons (Fsp3) is 0.929. The Bertz CT molecular complexity index is 301. The Kier molecular flexibility index (Phi) is 5.19. The van der Waals surface area contributed by atoms with Crippen molar-refractivity contribution >= 4 is 5.91 Å². The maximum Gasteiger partial charge on any atom is 0.230 e. The summed E-state index contributed by atoms with van der Waals surface area (Å²) in [5.74, 6) is 0.651. The normalized spacial score (nSPS) is 27.3. The zero-order chi connectivity index (χ0) is 13.7. The molecule has 2 rings (SSSR count). The third kappa shape index (κ3) is 3.27. The summed E-state index contributed by atoms with van der Waals surface area (Å²) in [4.78, 5) is 14.8. The molecule has 0 aliphatic carbocycles. The Morgan fingerprint density at radius 2 is 2.16 bits per heavy atom. The summed E-state index contributed by atoms with van der Waals surface area (Å²) in [5, 5.41) is 9.05. The Hall–Kier alpha value is -0.650. The van der Waals surface area contributed by atoms with E-state index in [1.54, 1.807) is 0 Å². The first-order chi connectivity index (χ1) is 9.22. The van der Waals surface area contributed by atoms with E-state index in [4.69, 9.17) is 15.6 Å². The highest BCUT2D eigenvalue weighted by Gasteiger charge is 2.42. The summed E-state index contributed by atoms with van der Waals surface area (Å²) in [6, 6.07) is 0. The molecule has 1 atom stereocenters. The van der Waals surface area contributed by atoms with E-state index in [-0.39, 0.29) is 12.5 Å². The lowest BCUT2D eigenvalue weighted by molar-refractivity contribution is -0.149. The fourth-order valence-electron chi connectivity index (χ4n) is 3.27. The minimum atomic E-state index is -0.403. The summed E-state index contributed by atoms with van der Waals surface area (Å²) in [7, 11) is 0. The third-order valence-corrected chi connectivity index (χ3v) is 4.64. The minimum Gasteiger partial charge on any atom is -0.396 e. The SMILES string of the molecule is NCC1(C(=O)N2CCCC(CCO)C2)CCOCC1. The van der Waals surface area contributed by atoms with Crippen LogP contribution >= 0.6 is 0 Å². The van der Waals surface area contributed by atoms with Crippen LogP contribution in [0.1, 0.15) is 32.1 Å².